The van der Waals surface area contributed by atoms with E-state index >= 15 is 0 Å². The minimum Gasteiger partial charge on any atom is -0.375 e. The molecule has 0 spiro atoms. The fourth-order valence-electron chi connectivity index (χ4n) is 1.63. The van der Waals surface area contributed by atoms with Crippen LogP contribution in [0.2, 0.25) is 0 Å². The van der Waals surface area contributed by atoms with Gasteiger partial charge in [0.05, 0.1) is 12.2 Å². The molecule has 84 valence electrons. The molecule has 0 radical (unpaired) electrons. The molecule has 2 atom stereocenters. The fourth-order valence-corrected chi connectivity index (χ4v) is 2.46. The Bertz CT molecular complexity index is 312. The van der Waals surface area contributed by atoms with Crippen LogP contribution in [-0.4, -0.2) is 35.2 Å². The Morgan fingerprint density at radius 3 is 2.50 bits per heavy atom. The van der Waals surface area contributed by atoms with E-state index in [9.17, 15) is 13.5 Å². The van der Waals surface area contributed by atoms with Crippen LogP contribution in [-0.2, 0) is 14.9 Å². The summed E-state index contributed by atoms with van der Waals surface area (Å²) < 4.78 is 36.2. The van der Waals surface area contributed by atoms with Crippen LogP contribution < -0.4 is 0 Å². The van der Waals surface area contributed by atoms with Crippen LogP contribution in [0.25, 0.3) is 0 Å². The SMILES string of the molecule is CCC1(C)CC(O)(S(=O)(=O)O)CCO1. The van der Waals surface area contributed by atoms with E-state index in [0.29, 0.717) is 6.42 Å². The number of aliphatic hydroxyl groups is 1. The van der Waals surface area contributed by atoms with Crippen molar-refractivity contribution in [3.8, 4) is 0 Å². The van der Waals surface area contributed by atoms with E-state index in [1.165, 1.54) is 0 Å². The van der Waals surface area contributed by atoms with Gasteiger partial charge in [0.1, 0.15) is 0 Å². The predicted octanol–water partition coefficient (Wildman–Crippen LogP) is 0.542. The van der Waals surface area contributed by atoms with Gasteiger partial charge in [0.2, 0.25) is 0 Å². The second-order valence-corrected chi connectivity index (χ2v) is 5.71. The first-order chi connectivity index (χ1) is 6.22. The molecule has 2 unspecified atom stereocenters. The topological polar surface area (TPSA) is 83.8 Å². The first-order valence-electron chi connectivity index (χ1n) is 4.56. The molecule has 14 heavy (non-hydrogen) atoms. The van der Waals surface area contributed by atoms with Crippen molar-refractivity contribution in [2.45, 2.75) is 43.6 Å². The summed E-state index contributed by atoms with van der Waals surface area (Å²) in [6.45, 7) is 3.71. The molecule has 1 aliphatic rings. The minimum absolute atomic E-state index is 0.0819. The summed E-state index contributed by atoms with van der Waals surface area (Å²) in [5, 5.41) is 9.76. The molecule has 0 amide bonds. The third-order valence-corrected chi connectivity index (χ3v) is 4.13. The number of ether oxygens (including phenoxy) is 1. The lowest BCUT2D eigenvalue weighted by Gasteiger charge is -2.40. The molecule has 0 aromatic heterocycles. The highest BCUT2D eigenvalue weighted by molar-refractivity contribution is 7.87. The molecule has 1 saturated heterocycles. The van der Waals surface area contributed by atoms with Crippen molar-refractivity contribution >= 4 is 10.1 Å². The van der Waals surface area contributed by atoms with Crippen molar-refractivity contribution in [3.63, 3.8) is 0 Å². The monoisotopic (exact) mass is 224 g/mol. The second-order valence-electron chi connectivity index (χ2n) is 4.00. The minimum atomic E-state index is -4.43. The molecule has 6 heteroatoms. The molecular weight excluding hydrogens is 208 g/mol. The Morgan fingerprint density at radius 1 is 1.50 bits per heavy atom. The average molecular weight is 224 g/mol. The van der Waals surface area contributed by atoms with E-state index in [1.54, 1.807) is 6.92 Å². The van der Waals surface area contributed by atoms with E-state index in [4.69, 9.17) is 9.29 Å². The number of rotatable bonds is 2. The third kappa shape index (κ3) is 2.08. The van der Waals surface area contributed by atoms with Gasteiger partial charge in [0.25, 0.3) is 10.1 Å². The fraction of sp³-hybridized carbons (Fsp3) is 1.00. The van der Waals surface area contributed by atoms with E-state index < -0.39 is 20.7 Å². The Hall–Kier alpha value is -0.170. The Morgan fingerprint density at radius 2 is 2.07 bits per heavy atom. The Kier molecular flexibility index (Phi) is 2.93. The average Bonchev–Trinajstić information content (AvgIpc) is 2.02. The zero-order valence-corrected chi connectivity index (χ0v) is 9.17. The van der Waals surface area contributed by atoms with Gasteiger partial charge in [-0.25, -0.2) is 0 Å². The summed E-state index contributed by atoms with van der Waals surface area (Å²) in [4.78, 5) is -2.05. The van der Waals surface area contributed by atoms with Crippen molar-refractivity contribution < 1.29 is 22.8 Å². The molecule has 0 aromatic carbocycles. The summed E-state index contributed by atoms with van der Waals surface area (Å²) in [5.74, 6) is 0. The van der Waals surface area contributed by atoms with Crippen LogP contribution in [0.15, 0.2) is 0 Å². The molecule has 1 rings (SSSR count). The molecule has 0 saturated carbocycles. The van der Waals surface area contributed by atoms with Crippen LogP contribution in [0.5, 0.6) is 0 Å². The molecular formula is C8H16O5S. The first kappa shape index (κ1) is 11.9. The molecule has 0 bridgehead atoms. The predicted molar refractivity (Wildman–Crippen MR) is 50.4 cm³/mol. The maximum atomic E-state index is 11.0. The standard InChI is InChI=1S/C8H16O5S/c1-3-7(2)6-8(9,4-5-13-7)14(10,11)12/h9H,3-6H2,1-2H3,(H,10,11,12). The van der Waals surface area contributed by atoms with Gasteiger partial charge in [0, 0.05) is 12.8 Å². The van der Waals surface area contributed by atoms with E-state index in [1.807, 2.05) is 6.92 Å². The molecule has 0 aromatic rings. The Balaban J connectivity index is 2.94. The molecule has 5 nitrogen and oxygen atoms in total. The van der Waals surface area contributed by atoms with Crippen LogP contribution in [0.1, 0.15) is 33.1 Å². The van der Waals surface area contributed by atoms with Crippen molar-refractivity contribution in [2.75, 3.05) is 6.61 Å². The number of hydrogen-bond donors (Lipinski definition) is 2. The van der Waals surface area contributed by atoms with Crippen molar-refractivity contribution in [1.82, 2.24) is 0 Å². The lowest BCUT2D eigenvalue weighted by atomic mass is 9.91. The highest BCUT2D eigenvalue weighted by Gasteiger charge is 2.49. The van der Waals surface area contributed by atoms with Gasteiger partial charge in [-0.1, -0.05) is 6.92 Å². The zero-order valence-electron chi connectivity index (χ0n) is 8.36. The van der Waals surface area contributed by atoms with Crippen molar-refractivity contribution in [2.24, 2.45) is 0 Å². The summed E-state index contributed by atoms with van der Waals surface area (Å²) >= 11 is 0. The largest absolute Gasteiger partial charge is 0.375 e. The zero-order chi connectivity index (χ0) is 11.0. The van der Waals surface area contributed by atoms with Gasteiger partial charge in [-0.15, -0.1) is 0 Å². The summed E-state index contributed by atoms with van der Waals surface area (Å²) in [6.07, 6.45) is 0.418. The van der Waals surface area contributed by atoms with Crippen LogP contribution in [0, 0.1) is 0 Å². The Labute approximate surface area is 83.8 Å². The summed E-state index contributed by atoms with van der Waals surface area (Å²) in [5.41, 5.74) is -0.678. The van der Waals surface area contributed by atoms with Gasteiger partial charge in [-0.2, -0.15) is 8.42 Å². The maximum absolute atomic E-state index is 11.0. The lowest BCUT2D eigenvalue weighted by Crippen LogP contribution is -2.51. The molecule has 1 heterocycles. The quantitative estimate of drug-likeness (QED) is 0.669. The maximum Gasteiger partial charge on any atom is 0.295 e. The van der Waals surface area contributed by atoms with Crippen LogP contribution in [0.4, 0.5) is 0 Å². The van der Waals surface area contributed by atoms with Crippen LogP contribution in [0.3, 0.4) is 0 Å². The van der Waals surface area contributed by atoms with E-state index in [-0.39, 0.29) is 19.4 Å². The third-order valence-electron chi connectivity index (χ3n) is 2.82. The second kappa shape index (κ2) is 3.44. The van der Waals surface area contributed by atoms with Crippen molar-refractivity contribution in [1.29, 1.82) is 0 Å². The molecule has 0 aliphatic carbocycles. The number of hydrogen-bond acceptors (Lipinski definition) is 4. The smallest absolute Gasteiger partial charge is 0.295 e. The van der Waals surface area contributed by atoms with E-state index in [2.05, 4.69) is 0 Å². The summed E-state index contributed by atoms with van der Waals surface area (Å²) in [7, 11) is -4.43. The van der Waals surface area contributed by atoms with Crippen LogP contribution >= 0.6 is 0 Å². The highest BCUT2D eigenvalue weighted by atomic mass is 32.2. The first-order valence-corrected chi connectivity index (χ1v) is 6.00. The van der Waals surface area contributed by atoms with Gasteiger partial charge in [-0.3, -0.25) is 4.55 Å². The molecule has 2 N–H and O–H groups in total. The molecule has 1 aliphatic heterocycles. The van der Waals surface area contributed by atoms with E-state index in [0.717, 1.165) is 0 Å². The summed E-state index contributed by atoms with van der Waals surface area (Å²) in [6, 6.07) is 0. The van der Waals surface area contributed by atoms with Gasteiger partial charge in [0.15, 0.2) is 4.93 Å². The highest BCUT2D eigenvalue weighted by Crippen LogP contribution is 2.37. The van der Waals surface area contributed by atoms with Crippen molar-refractivity contribution in [3.05, 3.63) is 0 Å². The normalized spacial score (nSPS) is 39.7. The van der Waals surface area contributed by atoms with Gasteiger partial charge < -0.3 is 9.84 Å². The lowest BCUT2D eigenvalue weighted by molar-refractivity contribution is -0.125. The molecule has 1 fully saturated rings. The van der Waals surface area contributed by atoms with Gasteiger partial charge >= 0.3 is 0 Å². The van der Waals surface area contributed by atoms with Gasteiger partial charge in [-0.05, 0) is 13.3 Å².